The van der Waals surface area contributed by atoms with E-state index < -0.39 is 0 Å². The molecule has 1 heterocycles. The Morgan fingerprint density at radius 2 is 2.06 bits per heavy atom. The number of hydrogen-bond donors (Lipinski definition) is 1. The van der Waals surface area contributed by atoms with Crippen molar-refractivity contribution in [3.8, 4) is 5.75 Å². The highest BCUT2D eigenvalue weighted by Crippen LogP contribution is 2.24. The van der Waals surface area contributed by atoms with E-state index in [1.807, 2.05) is 19.1 Å². The van der Waals surface area contributed by atoms with Gasteiger partial charge in [0.25, 0.3) is 0 Å². The molecule has 0 bridgehead atoms. The van der Waals surface area contributed by atoms with Gasteiger partial charge in [-0.3, -0.25) is 0 Å². The zero-order valence-corrected chi connectivity index (χ0v) is 11.0. The molecular weight excluding hydrogens is 250 g/mol. The molecule has 0 fully saturated rings. The first-order valence-corrected chi connectivity index (χ1v) is 5.88. The smallest absolute Gasteiger partial charge is 0.135 e. The van der Waals surface area contributed by atoms with Crippen LogP contribution in [0.3, 0.4) is 0 Å². The normalized spacial score (nSPS) is 10.4. The number of benzene rings is 1. The van der Waals surface area contributed by atoms with Crippen molar-refractivity contribution in [1.82, 2.24) is 9.97 Å². The number of rotatable bonds is 3. The predicted molar refractivity (Wildman–Crippen MR) is 72.0 cm³/mol. The first-order valence-electron chi connectivity index (χ1n) is 5.51. The van der Waals surface area contributed by atoms with E-state index >= 15 is 0 Å². The Balaban J connectivity index is 2.35. The number of hydrogen-bond acceptors (Lipinski definition) is 4. The fraction of sp³-hybridized carbons (Fsp3) is 0.231. The van der Waals surface area contributed by atoms with Crippen LogP contribution in [0.15, 0.2) is 24.3 Å². The van der Waals surface area contributed by atoms with Crippen LogP contribution in [-0.2, 0) is 6.42 Å². The number of nitrogens with zero attached hydrogens (tertiary/aromatic N) is 2. The van der Waals surface area contributed by atoms with Crippen molar-refractivity contribution in [3.63, 3.8) is 0 Å². The van der Waals surface area contributed by atoms with E-state index in [1.54, 1.807) is 19.2 Å². The van der Waals surface area contributed by atoms with Gasteiger partial charge in [0.05, 0.1) is 7.11 Å². The van der Waals surface area contributed by atoms with Gasteiger partial charge in [0, 0.05) is 28.8 Å². The van der Waals surface area contributed by atoms with E-state index in [0.717, 1.165) is 17.0 Å². The zero-order valence-electron chi connectivity index (χ0n) is 10.3. The van der Waals surface area contributed by atoms with Crippen LogP contribution in [0, 0.1) is 6.92 Å². The van der Waals surface area contributed by atoms with Gasteiger partial charge in [-0.2, -0.15) is 0 Å². The average Bonchev–Trinajstić information content (AvgIpc) is 2.27. The molecule has 0 spiro atoms. The Kier molecular flexibility index (Phi) is 3.67. The third kappa shape index (κ3) is 2.90. The molecule has 0 aliphatic rings. The van der Waals surface area contributed by atoms with Gasteiger partial charge in [0.1, 0.15) is 17.4 Å². The molecule has 2 aromatic rings. The minimum absolute atomic E-state index is 0.471. The first-order chi connectivity index (χ1) is 8.58. The molecule has 4 nitrogen and oxygen atoms in total. The lowest BCUT2D eigenvalue weighted by Gasteiger charge is -2.09. The number of aryl methyl sites for hydroxylation is 1. The number of nitrogens with two attached hydrogens (primary N) is 1. The molecule has 0 unspecified atom stereocenters. The Morgan fingerprint density at radius 1 is 1.28 bits per heavy atom. The highest BCUT2D eigenvalue weighted by atomic mass is 35.5. The molecule has 0 atom stereocenters. The summed E-state index contributed by atoms with van der Waals surface area (Å²) >= 11 is 5.98. The number of methoxy groups -OCH3 is 1. The van der Waals surface area contributed by atoms with Crippen molar-refractivity contribution in [3.05, 3.63) is 46.4 Å². The van der Waals surface area contributed by atoms with Gasteiger partial charge in [0.15, 0.2) is 0 Å². The molecule has 94 valence electrons. The largest absolute Gasteiger partial charge is 0.496 e. The summed E-state index contributed by atoms with van der Waals surface area (Å²) in [5, 5.41) is 0.659. The van der Waals surface area contributed by atoms with E-state index in [9.17, 15) is 0 Å². The van der Waals surface area contributed by atoms with Crippen LogP contribution in [0.2, 0.25) is 5.02 Å². The number of nitrogen functional groups attached to an aromatic ring is 1. The van der Waals surface area contributed by atoms with E-state index in [-0.39, 0.29) is 0 Å². The summed E-state index contributed by atoms with van der Waals surface area (Å²) in [6.07, 6.45) is 0.537. The number of halogens is 1. The van der Waals surface area contributed by atoms with E-state index in [2.05, 4.69) is 9.97 Å². The van der Waals surface area contributed by atoms with Crippen molar-refractivity contribution >= 4 is 17.4 Å². The topological polar surface area (TPSA) is 61.0 Å². The summed E-state index contributed by atoms with van der Waals surface area (Å²) in [5.74, 6) is 1.90. The van der Waals surface area contributed by atoms with Crippen LogP contribution >= 0.6 is 11.6 Å². The average molecular weight is 264 g/mol. The lowest BCUT2D eigenvalue weighted by Crippen LogP contribution is -2.03. The van der Waals surface area contributed by atoms with Crippen LogP contribution in [-0.4, -0.2) is 17.1 Å². The molecule has 18 heavy (non-hydrogen) atoms. The van der Waals surface area contributed by atoms with Gasteiger partial charge < -0.3 is 10.5 Å². The summed E-state index contributed by atoms with van der Waals surface area (Å²) in [5.41, 5.74) is 7.49. The van der Waals surface area contributed by atoms with Gasteiger partial charge in [-0.1, -0.05) is 11.6 Å². The molecule has 0 amide bonds. The molecule has 2 rings (SSSR count). The zero-order chi connectivity index (χ0) is 13.1. The van der Waals surface area contributed by atoms with Crippen molar-refractivity contribution in [2.75, 3.05) is 12.8 Å². The standard InChI is InChI=1S/C13H14ClN3O/c1-8-5-12(15)17-13(16-8)7-9-6-10(14)3-4-11(9)18-2/h3-6H,7H2,1-2H3,(H2,15,16,17). The second-order valence-corrected chi connectivity index (χ2v) is 4.42. The van der Waals surface area contributed by atoms with Gasteiger partial charge in [-0.05, 0) is 25.1 Å². The Hall–Kier alpha value is -1.81. The molecule has 0 aliphatic heterocycles. The molecule has 0 saturated heterocycles. The van der Waals surface area contributed by atoms with Crippen LogP contribution in [0.1, 0.15) is 17.1 Å². The molecule has 1 aromatic heterocycles. The fourth-order valence-corrected chi connectivity index (χ4v) is 1.99. The third-order valence-corrected chi connectivity index (χ3v) is 2.75. The molecule has 0 radical (unpaired) electrons. The van der Waals surface area contributed by atoms with Crippen molar-refractivity contribution in [2.24, 2.45) is 0 Å². The number of aromatic nitrogens is 2. The highest BCUT2D eigenvalue weighted by Gasteiger charge is 2.08. The monoisotopic (exact) mass is 263 g/mol. The maximum atomic E-state index is 5.98. The van der Waals surface area contributed by atoms with E-state index in [4.69, 9.17) is 22.1 Å². The van der Waals surface area contributed by atoms with Gasteiger partial charge in [0.2, 0.25) is 0 Å². The maximum absolute atomic E-state index is 5.98. The summed E-state index contributed by atoms with van der Waals surface area (Å²) in [6.45, 7) is 1.89. The Labute approximate surface area is 111 Å². The van der Waals surface area contributed by atoms with Crippen LogP contribution in [0.5, 0.6) is 5.75 Å². The first kappa shape index (κ1) is 12.6. The summed E-state index contributed by atoms with van der Waals surface area (Å²) in [4.78, 5) is 8.55. The molecular formula is C13H14ClN3O. The predicted octanol–water partition coefficient (Wildman–Crippen LogP) is 2.62. The summed E-state index contributed by atoms with van der Waals surface area (Å²) < 4.78 is 5.29. The Morgan fingerprint density at radius 3 is 2.72 bits per heavy atom. The van der Waals surface area contributed by atoms with Crippen LogP contribution in [0.4, 0.5) is 5.82 Å². The van der Waals surface area contributed by atoms with Gasteiger partial charge in [-0.15, -0.1) is 0 Å². The SMILES string of the molecule is COc1ccc(Cl)cc1Cc1nc(C)cc(N)n1. The van der Waals surface area contributed by atoms with Gasteiger partial charge in [-0.25, -0.2) is 9.97 Å². The van der Waals surface area contributed by atoms with Crippen molar-refractivity contribution in [1.29, 1.82) is 0 Å². The summed E-state index contributed by atoms with van der Waals surface area (Å²) in [6, 6.07) is 7.20. The van der Waals surface area contributed by atoms with E-state index in [0.29, 0.717) is 23.1 Å². The minimum Gasteiger partial charge on any atom is -0.496 e. The van der Waals surface area contributed by atoms with Crippen molar-refractivity contribution < 1.29 is 4.74 Å². The fourth-order valence-electron chi connectivity index (χ4n) is 1.79. The molecule has 1 aromatic carbocycles. The van der Waals surface area contributed by atoms with Gasteiger partial charge >= 0.3 is 0 Å². The second-order valence-electron chi connectivity index (χ2n) is 3.98. The quantitative estimate of drug-likeness (QED) is 0.925. The molecule has 2 N–H and O–H groups in total. The lowest BCUT2D eigenvalue weighted by molar-refractivity contribution is 0.410. The van der Waals surface area contributed by atoms with Crippen LogP contribution < -0.4 is 10.5 Å². The lowest BCUT2D eigenvalue weighted by atomic mass is 10.1. The molecule has 0 saturated carbocycles. The highest BCUT2D eigenvalue weighted by molar-refractivity contribution is 6.30. The Bertz CT molecular complexity index is 552. The summed E-state index contributed by atoms with van der Waals surface area (Å²) in [7, 11) is 1.62. The van der Waals surface area contributed by atoms with Crippen LogP contribution in [0.25, 0.3) is 0 Å². The van der Waals surface area contributed by atoms with Crippen molar-refractivity contribution in [2.45, 2.75) is 13.3 Å². The van der Waals surface area contributed by atoms with E-state index in [1.165, 1.54) is 0 Å². The number of anilines is 1. The third-order valence-electron chi connectivity index (χ3n) is 2.51. The minimum atomic E-state index is 0.471. The maximum Gasteiger partial charge on any atom is 0.135 e. The number of ether oxygens (including phenoxy) is 1. The second kappa shape index (κ2) is 5.23. The molecule has 0 aliphatic carbocycles. The molecule has 5 heteroatoms.